The molecule has 0 aliphatic heterocycles. The highest BCUT2D eigenvalue weighted by Crippen LogP contribution is 1.94. The Balaban J connectivity index is 2.47. The van der Waals surface area contributed by atoms with E-state index in [4.69, 9.17) is 0 Å². The Morgan fingerprint density at radius 2 is 2.38 bits per heavy atom. The summed E-state index contributed by atoms with van der Waals surface area (Å²) in [5.41, 5.74) is 0. The largest absolute Gasteiger partial charge is 0.356 e. The van der Waals surface area contributed by atoms with E-state index in [1.165, 1.54) is 6.20 Å². The van der Waals surface area contributed by atoms with Crippen molar-refractivity contribution in [1.29, 1.82) is 0 Å². The van der Waals surface area contributed by atoms with E-state index >= 15 is 0 Å². The van der Waals surface area contributed by atoms with E-state index in [1.807, 2.05) is 0 Å². The van der Waals surface area contributed by atoms with Gasteiger partial charge in [0.05, 0.1) is 6.42 Å². The first-order valence-corrected chi connectivity index (χ1v) is 4.03. The summed E-state index contributed by atoms with van der Waals surface area (Å²) in [5, 5.41) is 2.54. The zero-order valence-corrected chi connectivity index (χ0v) is 7.33. The van der Waals surface area contributed by atoms with Crippen LogP contribution in [0.1, 0.15) is 24.0 Å². The minimum atomic E-state index is -0.295. The predicted octanol–water partition coefficient (Wildman–Crippen LogP) is 0.119. The van der Waals surface area contributed by atoms with Crippen LogP contribution < -0.4 is 5.32 Å². The molecule has 0 aliphatic carbocycles. The number of Topliss-reactive ketones (excluding diaryl/α,β-unsaturated/α-hetero) is 1. The maximum Gasteiger partial charge on any atom is 0.227 e. The molecule has 0 unspecified atom stereocenters. The van der Waals surface area contributed by atoms with Crippen molar-refractivity contribution in [2.45, 2.75) is 13.3 Å². The van der Waals surface area contributed by atoms with E-state index in [9.17, 15) is 9.59 Å². The third-order valence-electron chi connectivity index (χ3n) is 1.46. The minimum absolute atomic E-state index is 0.151. The average molecular weight is 181 g/mol. The van der Waals surface area contributed by atoms with Crippen LogP contribution >= 0.6 is 0 Å². The average Bonchev–Trinajstić information content (AvgIpc) is 2.55. The normalized spacial score (nSPS) is 9.62. The number of imidazole rings is 1. The molecule has 0 radical (unpaired) electrons. The minimum Gasteiger partial charge on any atom is -0.356 e. The summed E-state index contributed by atoms with van der Waals surface area (Å²) in [4.78, 5) is 28.6. The summed E-state index contributed by atoms with van der Waals surface area (Å²) >= 11 is 0. The Labute approximate surface area is 75.6 Å². The second-order valence-corrected chi connectivity index (χ2v) is 2.49. The highest BCUT2D eigenvalue weighted by Gasteiger charge is 2.12. The number of carbonyl (C=O) groups is 2. The smallest absolute Gasteiger partial charge is 0.227 e. The van der Waals surface area contributed by atoms with Crippen molar-refractivity contribution >= 4 is 11.7 Å². The van der Waals surface area contributed by atoms with Crippen LogP contribution in [0.25, 0.3) is 0 Å². The van der Waals surface area contributed by atoms with Gasteiger partial charge in [0.15, 0.2) is 5.82 Å². The number of hydrogen-bond donors (Lipinski definition) is 2. The summed E-state index contributed by atoms with van der Waals surface area (Å²) in [6.07, 6.45) is 2.87. The molecule has 0 aromatic carbocycles. The number of H-pyrrole nitrogens is 1. The highest BCUT2D eigenvalue weighted by atomic mass is 16.2. The Bertz CT molecular complexity index is 292. The summed E-state index contributed by atoms with van der Waals surface area (Å²) < 4.78 is 0. The van der Waals surface area contributed by atoms with Crippen LogP contribution in [0.5, 0.6) is 0 Å². The number of aromatic amines is 1. The maximum absolute atomic E-state index is 11.2. The third-order valence-corrected chi connectivity index (χ3v) is 1.46. The topological polar surface area (TPSA) is 74.8 Å². The van der Waals surface area contributed by atoms with Crippen LogP contribution in [-0.2, 0) is 4.79 Å². The quantitative estimate of drug-likeness (QED) is 0.511. The number of aromatic nitrogens is 2. The van der Waals surface area contributed by atoms with Crippen LogP contribution in [0.3, 0.4) is 0 Å². The molecule has 0 aliphatic rings. The van der Waals surface area contributed by atoms with Gasteiger partial charge < -0.3 is 10.3 Å². The van der Waals surface area contributed by atoms with Crippen molar-refractivity contribution in [1.82, 2.24) is 15.3 Å². The second kappa shape index (κ2) is 4.39. The van der Waals surface area contributed by atoms with E-state index in [0.717, 1.165) is 0 Å². The zero-order chi connectivity index (χ0) is 9.68. The van der Waals surface area contributed by atoms with Gasteiger partial charge in [-0.2, -0.15) is 0 Å². The molecule has 0 spiro atoms. The first kappa shape index (κ1) is 9.44. The fourth-order valence-electron chi connectivity index (χ4n) is 0.907. The number of amides is 1. The van der Waals surface area contributed by atoms with Crippen molar-refractivity contribution < 1.29 is 9.59 Å². The molecule has 70 valence electrons. The summed E-state index contributed by atoms with van der Waals surface area (Å²) in [6.45, 7) is 2.33. The van der Waals surface area contributed by atoms with E-state index < -0.39 is 0 Å². The lowest BCUT2D eigenvalue weighted by molar-refractivity contribution is -0.120. The molecule has 0 saturated carbocycles. The molecule has 1 aromatic rings. The van der Waals surface area contributed by atoms with Crippen LogP contribution in [0.4, 0.5) is 0 Å². The van der Waals surface area contributed by atoms with Gasteiger partial charge in [-0.1, -0.05) is 0 Å². The standard InChI is InChI=1S/C8H11N3O2/c1-2-9-7(13)5-6(12)8-10-3-4-11-8/h3-4H,2,5H2,1H3,(H,9,13)(H,10,11). The fraction of sp³-hybridized carbons (Fsp3) is 0.375. The lowest BCUT2D eigenvalue weighted by atomic mass is 10.2. The van der Waals surface area contributed by atoms with Crippen LogP contribution in [0.2, 0.25) is 0 Å². The van der Waals surface area contributed by atoms with Crippen LogP contribution in [0, 0.1) is 0 Å². The Hall–Kier alpha value is -1.65. The summed E-state index contributed by atoms with van der Waals surface area (Å²) in [7, 11) is 0. The monoisotopic (exact) mass is 181 g/mol. The molecule has 5 nitrogen and oxygen atoms in total. The SMILES string of the molecule is CCNC(=O)CC(=O)c1ncc[nH]1. The molecular weight excluding hydrogens is 170 g/mol. The fourth-order valence-corrected chi connectivity index (χ4v) is 0.907. The first-order valence-electron chi connectivity index (χ1n) is 4.03. The van der Waals surface area contributed by atoms with Gasteiger partial charge in [-0.25, -0.2) is 4.98 Å². The molecule has 1 amide bonds. The molecule has 13 heavy (non-hydrogen) atoms. The van der Waals surface area contributed by atoms with Gasteiger partial charge in [0, 0.05) is 18.9 Å². The predicted molar refractivity (Wildman–Crippen MR) is 46.2 cm³/mol. The van der Waals surface area contributed by atoms with Crippen molar-refractivity contribution in [3.05, 3.63) is 18.2 Å². The van der Waals surface area contributed by atoms with E-state index in [2.05, 4.69) is 15.3 Å². The van der Waals surface area contributed by atoms with E-state index in [-0.39, 0.29) is 23.9 Å². The molecule has 2 N–H and O–H groups in total. The maximum atomic E-state index is 11.2. The second-order valence-electron chi connectivity index (χ2n) is 2.49. The van der Waals surface area contributed by atoms with Crippen molar-refractivity contribution in [3.63, 3.8) is 0 Å². The van der Waals surface area contributed by atoms with Gasteiger partial charge in [0.1, 0.15) is 0 Å². The number of nitrogens with zero attached hydrogens (tertiary/aromatic N) is 1. The zero-order valence-electron chi connectivity index (χ0n) is 7.33. The van der Waals surface area contributed by atoms with Gasteiger partial charge in [-0.05, 0) is 6.92 Å². The Kier molecular flexibility index (Phi) is 3.19. The molecule has 0 atom stereocenters. The molecule has 1 aromatic heterocycles. The van der Waals surface area contributed by atoms with Gasteiger partial charge in [-0.15, -0.1) is 0 Å². The molecule has 1 heterocycles. The molecular formula is C8H11N3O2. The number of carbonyl (C=O) groups excluding carboxylic acids is 2. The van der Waals surface area contributed by atoms with E-state index in [0.29, 0.717) is 6.54 Å². The van der Waals surface area contributed by atoms with Crippen LogP contribution in [-0.4, -0.2) is 28.2 Å². The Morgan fingerprint density at radius 1 is 1.62 bits per heavy atom. The van der Waals surface area contributed by atoms with E-state index in [1.54, 1.807) is 13.1 Å². The van der Waals surface area contributed by atoms with Crippen molar-refractivity contribution in [2.24, 2.45) is 0 Å². The molecule has 0 fully saturated rings. The first-order chi connectivity index (χ1) is 6.24. The molecule has 5 heteroatoms. The van der Waals surface area contributed by atoms with Gasteiger partial charge in [0.25, 0.3) is 0 Å². The summed E-state index contributed by atoms with van der Waals surface area (Å²) in [6, 6.07) is 0. The van der Waals surface area contributed by atoms with Gasteiger partial charge in [0.2, 0.25) is 11.7 Å². The highest BCUT2D eigenvalue weighted by molar-refractivity contribution is 6.05. The van der Waals surface area contributed by atoms with Gasteiger partial charge in [-0.3, -0.25) is 9.59 Å². The number of nitrogens with one attached hydrogen (secondary N) is 2. The summed E-state index contributed by atoms with van der Waals surface area (Å²) in [5.74, 6) is -0.342. The van der Waals surface area contributed by atoms with Gasteiger partial charge >= 0.3 is 0 Å². The lowest BCUT2D eigenvalue weighted by Crippen LogP contribution is -2.25. The number of ketones is 1. The number of hydrogen-bond acceptors (Lipinski definition) is 3. The third kappa shape index (κ3) is 2.70. The van der Waals surface area contributed by atoms with Crippen LogP contribution in [0.15, 0.2) is 12.4 Å². The molecule has 1 rings (SSSR count). The lowest BCUT2D eigenvalue weighted by Gasteiger charge is -1.98. The Morgan fingerprint density at radius 3 is 2.92 bits per heavy atom. The number of rotatable bonds is 4. The molecule has 0 saturated heterocycles. The van der Waals surface area contributed by atoms with Crippen molar-refractivity contribution in [3.8, 4) is 0 Å². The molecule has 0 bridgehead atoms. The van der Waals surface area contributed by atoms with Crippen molar-refractivity contribution in [2.75, 3.05) is 6.54 Å².